The molecule has 5 heterocycles. The van der Waals surface area contributed by atoms with Gasteiger partial charge in [0.25, 0.3) is 0 Å². The molecule has 5 aromatic carbocycles. The lowest BCUT2D eigenvalue weighted by molar-refractivity contribution is -0.661. The van der Waals surface area contributed by atoms with E-state index >= 15 is 0 Å². The molecule has 5 aromatic heterocycles. The molecule has 5 heteroatoms. The maximum atomic E-state index is 9.30. The van der Waals surface area contributed by atoms with Gasteiger partial charge in [0.15, 0.2) is 31.0 Å². The fourth-order valence-electron chi connectivity index (χ4n) is 21.4. The number of aromatic nitrogens is 5. The average molecular weight is 1420 g/mol. The van der Waals surface area contributed by atoms with Crippen molar-refractivity contribution >= 4 is 0 Å². The molecule has 10 bridgehead atoms. The van der Waals surface area contributed by atoms with E-state index in [1.807, 2.05) is 87.7 Å². The summed E-state index contributed by atoms with van der Waals surface area (Å²) < 4.78 is 131. The van der Waals surface area contributed by atoms with Gasteiger partial charge in [-0.05, 0) is 296 Å². The maximum Gasteiger partial charge on any atom is 0.212 e. The zero-order valence-corrected chi connectivity index (χ0v) is 66.5. The van der Waals surface area contributed by atoms with Gasteiger partial charge < -0.3 is 0 Å². The standard InChI is InChI=1S/2C22H28N.3C19H22N/c2*1-14-7-8-16(15(2)11-14)20-12-17-18-9-10-22(5,21(18,3)4)19(17)13-23(20)6;2*1-12-4-7-16(13(2)8-12)19-10-17-14-5-6-15(9-14)18(17)11-20(19)3;1-12-4-5-17(13(2)6-12)19-10-18-15-7-14(8-15)9-16(18)11-20(19)3/h2*7-8,11-13,18H,9-10H2,1-6H3;2*4,7-8,10-11,14-15H,5-6,9H2,1-3H3;4-6,10-11,14-15H,7-9H2,1-3H3/q5*+1/i1D3,18D;;1D3,14D,15D;;1D3,9D2,15D. The highest BCUT2D eigenvalue weighted by atomic mass is 15.0. The third kappa shape index (κ3) is 11.9. The molecule has 0 spiro atoms. The first kappa shape index (κ1) is 56.2. The summed E-state index contributed by atoms with van der Waals surface area (Å²) in [6.45, 7) is 22.4. The first-order valence-corrected chi connectivity index (χ1v) is 39.4. The van der Waals surface area contributed by atoms with Crippen molar-refractivity contribution in [3.63, 3.8) is 0 Å². The molecular formula is C101H122N5+5. The Hall–Kier alpha value is -8.15. The predicted octanol–water partition coefficient (Wildman–Crippen LogP) is 22.1. The molecule has 10 aromatic rings. The molecule has 11 aliphatic carbocycles. The minimum Gasteiger partial charge on any atom is -0.201 e. The SMILES string of the molecule is Cc1ccc(-c2cc3c(c[n+]2C)C2(C)CCC3C2(C)C)c(C)c1.Cc1ccc(-c2cc3c(c[n+]2C)C2CCC3C2)c(C)c1.[2H]C([2H])([2H])c1ccc(-c2cc3c(c[n+]2C)C([2H])([2H])C2CC3([2H])C2)c(C)c1.[2H]C([2H])([2H])c1ccc(-c2cc3c(c[n+]2C)C2(C)CCC3([2H])C2(C)C)c(C)c1.[2H]C([2H])([2H])c1ccc(-c2cc3c(c[n+]2C)C2([2H])CCC3([2H])C2)c(C)c1. The maximum absolute atomic E-state index is 9.30. The van der Waals surface area contributed by atoms with Gasteiger partial charge in [-0.1, -0.05) is 130 Å². The first-order chi connectivity index (χ1) is 56.2. The second kappa shape index (κ2) is 26.6. The molecular weight excluding hydrogens is 1280 g/mol. The number of fused-ring (bicyclic) bond motifs is 20. The van der Waals surface area contributed by atoms with Crippen molar-refractivity contribution in [1.82, 2.24) is 0 Å². The van der Waals surface area contributed by atoms with Gasteiger partial charge in [-0.25, -0.2) is 22.8 Å². The summed E-state index contributed by atoms with van der Waals surface area (Å²) in [5.74, 6) is -0.199. The van der Waals surface area contributed by atoms with Crippen molar-refractivity contribution < 1.29 is 43.4 Å². The quantitative estimate of drug-likeness (QED) is 0.153. The molecule has 5 nitrogen and oxygen atoms in total. The summed E-state index contributed by atoms with van der Waals surface area (Å²) in [6.07, 6.45) is 21.5. The number of nitrogens with zero attached hydrogens (tertiary/aromatic N) is 5. The van der Waals surface area contributed by atoms with E-state index in [0.29, 0.717) is 58.3 Å². The van der Waals surface area contributed by atoms with Crippen LogP contribution in [-0.4, -0.2) is 0 Å². The summed E-state index contributed by atoms with van der Waals surface area (Å²) in [5.41, 5.74) is 33.4. The van der Waals surface area contributed by atoms with Crippen LogP contribution in [0, 0.1) is 85.8 Å². The molecule has 5 saturated carbocycles. The Morgan fingerprint density at radius 1 is 0.349 bits per heavy atom. The monoisotopic (exact) mass is 1420 g/mol. The fraction of sp³-hybridized carbons (Fsp3) is 0.455. The summed E-state index contributed by atoms with van der Waals surface area (Å²) >= 11 is 0. The minimum atomic E-state index is -2.14. The molecule has 8 unspecified atom stereocenters. The number of hydrogen-bond donors (Lipinski definition) is 0. The highest BCUT2D eigenvalue weighted by Gasteiger charge is 2.62. The van der Waals surface area contributed by atoms with Crippen LogP contribution >= 0.6 is 0 Å². The molecule has 21 rings (SSSR count). The van der Waals surface area contributed by atoms with Crippen LogP contribution in [0.2, 0.25) is 0 Å². The number of aryl methyl sites for hydroxylation is 15. The normalized spacial score (nSPS) is 30.6. The van der Waals surface area contributed by atoms with Crippen LogP contribution in [0.3, 0.4) is 0 Å². The van der Waals surface area contributed by atoms with Crippen molar-refractivity contribution in [2.45, 2.75) is 246 Å². The van der Waals surface area contributed by atoms with Crippen LogP contribution in [0.15, 0.2) is 152 Å². The van der Waals surface area contributed by atoms with Crippen molar-refractivity contribution in [3.8, 4) is 56.3 Å². The topological polar surface area (TPSA) is 19.4 Å². The number of hydrogen-bond acceptors (Lipinski definition) is 0. The zero-order valence-electron chi connectivity index (χ0n) is 81.5. The Balaban J connectivity index is 0.000000113. The van der Waals surface area contributed by atoms with Crippen LogP contribution in [0.5, 0.6) is 0 Å². The van der Waals surface area contributed by atoms with Gasteiger partial charge in [0.05, 0.1) is 0 Å². The highest BCUT2D eigenvalue weighted by Crippen LogP contribution is 2.69. The van der Waals surface area contributed by atoms with Crippen LogP contribution in [0.1, 0.15) is 292 Å². The molecule has 0 aliphatic heterocycles. The van der Waals surface area contributed by atoms with E-state index in [2.05, 4.69) is 176 Å². The fourth-order valence-corrected chi connectivity index (χ4v) is 21.4. The van der Waals surface area contributed by atoms with E-state index in [9.17, 15) is 1.37 Å². The van der Waals surface area contributed by atoms with Crippen LogP contribution in [0.4, 0.5) is 0 Å². The molecule has 0 saturated heterocycles. The molecule has 0 N–H and O–H groups in total. The molecule has 5 fully saturated rings. The molecule has 546 valence electrons. The van der Waals surface area contributed by atoms with Gasteiger partial charge in [0.1, 0.15) is 35.2 Å². The van der Waals surface area contributed by atoms with Crippen LogP contribution in [0.25, 0.3) is 56.3 Å². The van der Waals surface area contributed by atoms with Gasteiger partial charge in [-0.3, -0.25) is 0 Å². The van der Waals surface area contributed by atoms with E-state index in [-0.39, 0.29) is 16.7 Å². The first-order valence-electron chi connectivity index (χ1n) is 46.9. The van der Waals surface area contributed by atoms with E-state index < -0.39 is 50.5 Å². The molecule has 106 heavy (non-hydrogen) atoms. The number of rotatable bonds is 5. The van der Waals surface area contributed by atoms with Crippen molar-refractivity contribution in [2.75, 3.05) is 0 Å². The zero-order chi connectivity index (χ0) is 87.7. The van der Waals surface area contributed by atoms with E-state index in [1.54, 1.807) is 58.7 Å². The Morgan fingerprint density at radius 3 is 1.24 bits per heavy atom. The Morgan fingerprint density at radius 2 is 0.736 bits per heavy atom. The highest BCUT2D eigenvalue weighted by molar-refractivity contribution is 5.69. The van der Waals surface area contributed by atoms with Crippen molar-refractivity contribution in [2.24, 2.45) is 52.0 Å². The van der Waals surface area contributed by atoms with Crippen LogP contribution < -0.4 is 22.8 Å². The molecule has 0 radical (unpaired) electrons. The molecule has 0 amide bonds. The Kier molecular flexibility index (Phi) is 14.1. The minimum absolute atomic E-state index is 0.0283. The third-order valence-corrected chi connectivity index (χ3v) is 28.4. The number of benzene rings is 5. The van der Waals surface area contributed by atoms with Gasteiger partial charge in [0.2, 0.25) is 28.5 Å². The average Bonchev–Trinajstić information content (AvgIpc) is 1.49. The lowest BCUT2D eigenvalue weighted by Crippen LogP contribution is -2.37. The summed E-state index contributed by atoms with van der Waals surface area (Å²) in [4.78, 5) is 0. The molecule has 8 atom stereocenters. The van der Waals surface area contributed by atoms with Crippen molar-refractivity contribution in [3.05, 3.63) is 264 Å². The van der Waals surface area contributed by atoms with Crippen LogP contribution in [-0.2, 0) is 52.4 Å². The molecule has 11 aliphatic rings. The smallest absolute Gasteiger partial charge is 0.201 e. The van der Waals surface area contributed by atoms with Crippen molar-refractivity contribution in [1.29, 1.82) is 0 Å². The van der Waals surface area contributed by atoms with Gasteiger partial charge in [-0.15, -0.1) is 0 Å². The third-order valence-electron chi connectivity index (χ3n) is 28.4. The lowest BCUT2D eigenvalue weighted by atomic mass is 9.63. The van der Waals surface area contributed by atoms with E-state index in [0.717, 1.165) is 110 Å². The predicted molar refractivity (Wildman–Crippen MR) is 437 cm³/mol. The van der Waals surface area contributed by atoms with E-state index in [1.165, 1.54) is 82.4 Å². The number of pyridine rings is 5. The summed E-state index contributed by atoms with van der Waals surface area (Å²) in [7, 11) is 10.3. The Bertz CT molecular complexity index is 5940. The second-order valence-electron chi connectivity index (χ2n) is 35.4. The van der Waals surface area contributed by atoms with Gasteiger partial charge >= 0.3 is 0 Å². The second-order valence-corrected chi connectivity index (χ2v) is 35.4. The lowest BCUT2D eigenvalue weighted by Gasteiger charge is -2.41. The largest absolute Gasteiger partial charge is 0.212 e. The van der Waals surface area contributed by atoms with Gasteiger partial charge in [-0.2, -0.15) is 0 Å². The summed E-state index contributed by atoms with van der Waals surface area (Å²) in [5, 5.41) is 0. The van der Waals surface area contributed by atoms with E-state index in [4.69, 9.17) is 19.2 Å². The summed E-state index contributed by atoms with van der Waals surface area (Å²) in [6, 6.07) is 40.5. The van der Waals surface area contributed by atoms with Gasteiger partial charge in [0, 0.05) is 117 Å². The Labute approximate surface area is 658 Å².